The van der Waals surface area contributed by atoms with Crippen LogP contribution in [0.4, 0.5) is 0 Å². The van der Waals surface area contributed by atoms with Crippen LogP contribution in [0.1, 0.15) is 22.6 Å². The number of pyridine rings is 3. The van der Waals surface area contributed by atoms with Crippen LogP contribution in [0.3, 0.4) is 0 Å². The minimum atomic E-state index is -1.17. The van der Waals surface area contributed by atoms with Crippen LogP contribution < -0.4 is 11.3 Å². The monoisotopic (exact) mass is 481 g/mol. The summed E-state index contributed by atoms with van der Waals surface area (Å²) in [5.74, 6) is 0. The summed E-state index contributed by atoms with van der Waals surface area (Å²) < 4.78 is 3.37. The van der Waals surface area contributed by atoms with Crippen molar-refractivity contribution >= 4 is 22.5 Å². The van der Waals surface area contributed by atoms with Gasteiger partial charge in [-0.2, -0.15) is 5.26 Å². The second kappa shape index (κ2) is 8.47. The smallest absolute Gasteiger partial charge is 0.251 e. The molecule has 1 atom stereocenters. The largest absolute Gasteiger partial charge is 0.335 e. The number of imidazole rings is 1. The van der Waals surface area contributed by atoms with Gasteiger partial charge in [0, 0.05) is 36.1 Å². The maximum absolute atomic E-state index is 12.7. The number of halogens is 1. The van der Waals surface area contributed by atoms with Crippen LogP contribution in [-0.4, -0.2) is 24.1 Å². The summed E-state index contributed by atoms with van der Waals surface area (Å²) in [4.78, 5) is 26.1. The van der Waals surface area contributed by atoms with Crippen LogP contribution >= 0.6 is 11.6 Å². The maximum atomic E-state index is 12.7. The van der Waals surface area contributed by atoms with E-state index < -0.39 is 5.54 Å². The summed E-state index contributed by atoms with van der Waals surface area (Å²) >= 11 is 6.15. The van der Waals surface area contributed by atoms with Crippen LogP contribution in [0, 0.1) is 11.3 Å². The number of rotatable bonds is 4. The van der Waals surface area contributed by atoms with Crippen molar-refractivity contribution in [2.24, 2.45) is 19.8 Å². The molecular weight excluding hydrogens is 462 g/mol. The summed E-state index contributed by atoms with van der Waals surface area (Å²) in [6, 6.07) is 17.8. The fourth-order valence-electron chi connectivity index (χ4n) is 4.30. The van der Waals surface area contributed by atoms with Gasteiger partial charge >= 0.3 is 0 Å². The molecule has 0 saturated heterocycles. The quantitative estimate of drug-likeness (QED) is 0.420. The van der Waals surface area contributed by atoms with Gasteiger partial charge in [-0.3, -0.25) is 9.78 Å². The predicted molar refractivity (Wildman–Crippen MR) is 134 cm³/mol. The normalized spacial score (nSPS) is 12.9. The first-order valence-electron chi connectivity index (χ1n) is 10.7. The van der Waals surface area contributed by atoms with Gasteiger partial charge in [-0.15, -0.1) is 0 Å². The van der Waals surface area contributed by atoms with Crippen LogP contribution in [0.5, 0.6) is 0 Å². The van der Waals surface area contributed by atoms with Crippen molar-refractivity contribution in [1.29, 1.82) is 5.26 Å². The van der Waals surface area contributed by atoms with E-state index >= 15 is 0 Å². The number of benzene rings is 1. The first kappa shape index (κ1) is 22.5. The van der Waals surface area contributed by atoms with Crippen molar-refractivity contribution < 1.29 is 0 Å². The fraction of sp³-hybridized carbons (Fsp3) is 0.115. The number of nitrogens with zero attached hydrogens (tertiary/aromatic N) is 6. The van der Waals surface area contributed by atoms with Crippen molar-refractivity contribution in [2.75, 3.05) is 0 Å². The summed E-state index contributed by atoms with van der Waals surface area (Å²) in [5.41, 5.74) is 9.80. The Kier molecular flexibility index (Phi) is 5.44. The van der Waals surface area contributed by atoms with Crippen molar-refractivity contribution in [2.45, 2.75) is 5.54 Å². The second-order valence-corrected chi connectivity index (χ2v) is 8.70. The van der Waals surface area contributed by atoms with E-state index in [-0.39, 0.29) is 11.3 Å². The van der Waals surface area contributed by atoms with E-state index in [1.165, 1.54) is 10.6 Å². The Morgan fingerprint density at radius 1 is 1.09 bits per heavy atom. The number of fused-ring (bicyclic) bond motifs is 1. The molecule has 0 aliphatic heterocycles. The second-order valence-electron chi connectivity index (χ2n) is 8.27. The van der Waals surface area contributed by atoms with E-state index in [2.05, 4.69) is 16.0 Å². The number of hydrogen-bond donors (Lipinski definition) is 1. The van der Waals surface area contributed by atoms with Gasteiger partial charge in [-0.1, -0.05) is 29.8 Å². The van der Waals surface area contributed by atoms with Crippen LogP contribution in [0.25, 0.3) is 22.2 Å². The van der Waals surface area contributed by atoms with E-state index in [0.717, 1.165) is 16.6 Å². The van der Waals surface area contributed by atoms with Gasteiger partial charge in [0.15, 0.2) is 0 Å². The molecule has 0 fully saturated rings. The molecule has 0 amide bonds. The number of aryl methyl sites for hydroxylation is 2. The topological polar surface area (TPSA) is 115 Å². The van der Waals surface area contributed by atoms with Gasteiger partial charge in [0.05, 0.1) is 41.3 Å². The minimum Gasteiger partial charge on any atom is -0.335 e. The average molecular weight is 482 g/mol. The molecule has 0 aliphatic carbocycles. The highest BCUT2D eigenvalue weighted by Gasteiger charge is 2.36. The van der Waals surface area contributed by atoms with Crippen molar-refractivity contribution in [3.8, 4) is 17.3 Å². The molecule has 1 aromatic carbocycles. The van der Waals surface area contributed by atoms with Gasteiger partial charge in [0.2, 0.25) is 0 Å². The lowest BCUT2D eigenvalue weighted by atomic mass is 9.83. The Hall–Kier alpha value is -4.32. The molecule has 0 radical (unpaired) electrons. The van der Waals surface area contributed by atoms with Gasteiger partial charge in [0.25, 0.3) is 5.56 Å². The number of aromatic nitrogens is 5. The lowest BCUT2D eigenvalue weighted by molar-refractivity contribution is 0.579. The van der Waals surface area contributed by atoms with Gasteiger partial charge < -0.3 is 14.9 Å². The molecule has 9 heteroatoms. The van der Waals surface area contributed by atoms with E-state index in [0.29, 0.717) is 27.5 Å². The molecule has 5 aromatic rings. The summed E-state index contributed by atoms with van der Waals surface area (Å²) in [6.45, 7) is 0. The van der Waals surface area contributed by atoms with Crippen LogP contribution in [0.2, 0.25) is 5.02 Å². The summed E-state index contributed by atoms with van der Waals surface area (Å²) in [7, 11) is 3.55. The third kappa shape index (κ3) is 3.67. The lowest BCUT2D eigenvalue weighted by Gasteiger charge is -2.30. The van der Waals surface area contributed by atoms with E-state index in [1.807, 2.05) is 29.8 Å². The molecule has 2 N–H and O–H groups in total. The van der Waals surface area contributed by atoms with Crippen LogP contribution in [0.15, 0.2) is 78.1 Å². The minimum absolute atomic E-state index is 0.213. The molecule has 4 aromatic heterocycles. The molecule has 0 bridgehead atoms. The number of nitrogens with two attached hydrogens (primary N) is 1. The zero-order valence-electron chi connectivity index (χ0n) is 19.0. The SMILES string of the molecule is Cn1cncc1C(N)(c1ccc(Cl)cc1)c1cc2c(-c3cccc(C#N)n3)cc(=O)n(C)c2cn1. The van der Waals surface area contributed by atoms with Crippen molar-refractivity contribution in [1.82, 2.24) is 24.1 Å². The Labute approximate surface area is 205 Å². The Bertz CT molecular complexity index is 1680. The highest BCUT2D eigenvalue weighted by atomic mass is 35.5. The zero-order chi connectivity index (χ0) is 24.7. The van der Waals surface area contributed by atoms with Crippen molar-refractivity contribution in [3.05, 3.63) is 111 Å². The molecule has 0 aliphatic rings. The summed E-state index contributed by atoms with van der Waals surface area (Å²) in [6.07, 6.45) is 5.03. The molecular formula is C26H20ClN7O. The maximum Gasteiger partial charge on any atom is 0.251 e. The number of nitriles is 1. The first-order valence-corrected chi connectivity index (χ1v) is 11.1. The fourth-order valence-corrected chi connectivity index (χ4v) is 4.43. The van der Waals surface area contributed by atoms with Crippen LogP contribution in [-0.2, 0) is 19.6 Å². The third-order valence-corrected chi connectivity index (χ3v) is 6.45. The highest BCUT2D eigenvalue weighted by Crippen LogP contribution is 2.36. The standard InChI is InChI=1S/C26H20ClN7O/c1-33-15-30-14-24(33)26(29,16-6-8-17(27)9-7-16)23-10-20-19(21-5-3-4-18(12-28)32-21)11-25(35)34(2)22(20)13-31-23/h3-11,13-15H,29H2,1-2H3. The Balaban J connectivity index is 1.84. The molecule has 4 heterocycles. The van der Waals surface area contributed by atoms with Gasteiger partial charge in [-0.25, -0.2) is 9.97 Å². The lowest BCUT2D eigenvalue weighted by Crippen LogP contribution is -2.41. The molecule has 5 rings (SSSR count). The molecule has 8 nitrogen and oxygen atoms in total. The Morgan fingerprint density at radius 3 is 2.54 bits per heavy atom. The zero-order valence-corrected chi connectivity index (χ0v) is 19.7. The molecule has 172 valence electrons. The predicted octanol–water partition coefficient (Wildman–Crippen LogP) is 3.50. The molecule has 35 heavy (non-hydrogen) atoms. The Morgan fingerprint density at radius 2 is 1.86 bits per heavy atom. The van der Waals surface area contributed by atoms with E-state index in [1.54, 1.807) is 56.1 Å². The number of hydrogen-bond acceptors (Lipinski definition) is 6. The first-order chi connectivity index (χ1) is 16.8. The summed E-state index contributed by atoms with van der Waals surface area (Å²) in [5, 5.41) is 10.6. The molecule has 1 unspecified atom stereocenters. The van der Waals surface area contributed by atoms with Gasteiger partial charge in [0.1, 0.15) is 17.3 Å². The van der Waals surface area contributed by atoms with Crippen molar-refractivity contribution in [3.63, 3.8) is 0 Å². The molecule has 0 saturated carbocycles. The third-order valence-electron chi connectivity index (χ3n) is 6.20. The van der Waals surface area contributed by atoms with E-state index in [9.17, 15) is 10.1 Å². The highest BCUT2D eigenvalue weighted by molar-refractivity contribution is 6.30. The van der Waals surface area contributed by atoms with Gasteiger partial charge in [-0.05, 0) is 35.9 Å². The molecule has 0 spiro atoms. The average Bonchev–Trinajstić information content (AvgIpc) is 3.32. The van der Waals surface area contributed by atoms with E-state index in [4.69, 9.17) is 22.3 Å².